The molecule has 3 rings (SSSR count). The molecular weight excluding hydrogens is 308 g/mol. The van der Waals surface area contributed by atoms with Gasteiger partial charge in [0.2, 0.25) is 5.91 Å². The molecule has 0 saturated carbocycles. The van der Waals surface area contributed by atoms with Gasteiger partial charge in [0, 0.05) is 37.0 Å². The van der Waals surface area contributed by atoms with Gasteiger partial charge in [0.15, 0.2) is 5.65 Å². The summed E-state index contributed by atoms with van der Waals surface area (Å²) in [6.07, 6.45) is 2.16. The predicted molar refractivity (Wildman–Crippen MR) is 88.7 cm³/mol. The highest BCUT2D eigenvalue weighted by Crippen LogP contribution is 2.10. The van der Waals surface area contributed by atoms with Crippen LogP contribution in [-0.4, -0.2) is 30.3 Å². The normalized spacial score (nSPS) is 12.5. The molecule has 8 heteroatoms. The number of amides is 1. The lowest BCUT2D eigenvalue weighted by Gasteiger charge is -2.13. The Morgan fingerprint density at radius 1 is 1.38 bits per heavy atom. The number of hydrogen-bond donors (Lipinski definition) is 2. The van der Waals surface area contributed by atoms with Crippen LogP contribution in [0.5, 0.6) is 0 Å². The lowest BCUT2D eigenvalue weighted by Crippen LogP contribution is -2.29. The van der Waals surface area contributed by atoms with E-state index in [-0.39, 0.29) is 17.5 Å². The van der Waals surface area contributed by atoms with Gasteiger partial charge in [-0.05, 0) is 26.8 Å². The number of rotatable bonds is 5. The lowest BCUT2D eigenvalue weighted by atomic mass is 10.2. The van der Waals surface area contributed by atoms with Crippen LogP contribution in [-0.2, 0) is 11.3 Å². The number of nitrogens with zero attached hydrogens (tertiary/aromatic N) is 4. The largest absolute Gasteiger partial charge is 0.348 e. The van der Waals surface area contributed by atoms with Gasteiger partial charge in [-0.3, -0.25) is 19.4 Å². The fourth-order valence-corrected chi connectivity index (χ4v) is 2.54. The monoisotopic (exact) mass is 328 g/mol. The molecule has 0 saturated heterocycles. The number of hydrogen-bond acceptors (Lipinski definition) is 4. The van der Waals surface area contributed by atoms with Crippen molar-refractivity contribution in [2.45, 2.75) is 39.8 Å². The minimum absolute atomic E-state index is 0.108. The zero-order valence-electron chi connectivity index (χ0n) is 13.9. The van der Waals surface area contributed by atoms with Gasteiger partial charge in [-0.15, -0.1) is 0 Å². The van der Waals surface area contributed by atoms with E-state index in [4.69, 9.17) is 0 Å². The first-order valence-corrected chi connectivity index (χ1v) is 7.81. The SMILES string of the molecule is Cc1ccn(CCC(=O)N[C@@H](C)c2cc(=O)n3[nH]c(C)cc3n2)n1. The van der Waals surface area contributed by atoms with Crippen molar-refractivity contribution in [3.8, 4) is 0 Å². The van der Waals surface area contributed by atoms with E-state index < -0.39 is 0 Å². The Morgan fingerprint density at radius 2 is 2.17 bits per heavy atom. The van der Waals surface area contributed by atoms with Crippen molar-refractivity contribution in [3.63, 3.8) is 0 Å². The molecule has 126 valence electrons. The van der Waals surface area contributed by atoms with Crippen LogP contribution < -0.4 is 10.9 Å². The Bertz CT molecular complexity index is 936. The molecule has 0 aliphatic heterocycles. The smallest absolute Gasteiger partial charge is 0.272 e. The van der Waals surface area contributed by atoms with Crippen molar-refractivity contribution >= 4 is 11.6 Å². The van der Waals surface area contributed by atoms with Crippen LogP contribution in [0.1, 0.15) is 36.5 Å². The number of carbonyl (C=O) groups excluding carboxylic acids is 1. The first-order valence-electron chi connectivity index (χ1n) is 7.81. The minimum Gasteiger partial charge on any atom is -0.348 e. The number of aromatic amines is 1. The van der Waals surface area contributed by atoms with Gasteiger partial charge in [0.25, 0.3) is 5.56 Å². The van der Waals surface area contributed by atoms with Gasteiger partial charge in [-0.1, -0.05) is 0 Å². The fourth-order valence-electron chi connectivity index (χ4n) is 2.54. The summed E-state index contributed by atoms with van der Waals surface area (Å²) in [5.74, 6) is -0.108. The van der Waals surface area contributed by atoms with Crippen LogP contribution in [0.2, 0.25) is 0 Å². The maximum absolute atomic E-state index is 12.1. The van der Waals surface area contributed by atoms with Crippen LogP contribution in [0.3, 0.4) is 0 Å². The summed E-state index contributed by atoms with van der Waals surface area (Å²) in [7, 11) is 0. The van der Waals surface area contributed by atoms with E-state index in [9.17, 15) is 9.59 Å². The number of fused-ring (bicyclic) bond motifs is 1. The van der Waals surface area contributed by atoms with E-state index in [0.717, 1.165) is 11.4 Å². The Balaban J connectivity index is 1.66. The van der Waals surface area contributed by atoms with Crippen molar-refractivity contribution in [1.29, 1.82) is 0 Å². The van der Waals surface area contributed by atoms with E-state index in [1.807, 2.05) is 33.0 Å². The molecule has 0 bridgehead atoms. The number of aromatic nitrogens is 5. The first kappa shape index (κ1) is 16.0. The van der Waals surface area contributed by atoms with Gasteiger partial charge < -0.3 is 5.32 Å². The Hall–Kier alpha value is -2.90. The summed E-state index contributed by atoms with van der Waals surface area (Å²) in [4.78, 5) is 28.6. The average molecular weight is 328 g/mol. The average Bonchev–Trinajstić information content (AvgIpc) is 3.10. The third-order valence-corrected chi connectivity index (χ3v) is 3.76. The summed E-state index contributed by atoms with van der Waals surface area (Å²) in [6.45, 7) is 6.09. The highest BCUT2D eigenvalue weighted by Gasteiger charge is 2.14. The van der Waals surface area contributed by atoms with Crippen molar-refractivity contribution in [2.24, 2.45) is 0 Å². The first-order chi connectivity index (χ1) is 11.4. The zero-order chi connectivity index (χ0) is 17.3. The molecule has 3 aromatic rings. The lowest BCUT2D eigenvalue weighted by molar-refractivity contribution is -0.122. The number of aryl methyl sites for hydroxylation is 3. The molecule has 0 unspecified atom stereocenters. The second kappa shape index (κ2) is 6.31. The van der Waals surface area contributed by atoms with E-state index in [1.165, 1.54) is 10.6 Å². The minimum atomic E-state index is -0.343. The quantitative estimate of drug-likeness (QED) is 0.733. The van der Waals surface area contributed by atoms with Crippen LogP contribution in [0.15, 0.2) is 29.2 Å². The summed E-state index contributed by atoms with van der Waals surface area (Å²) in [5.41, 5.74) is 2.66. The van der Waals surface area contributed by atoms with Crippen LogP contribution in [0, 0.1) is 13.8 Å². The molecule has 0 aromatic carbocycles. The van der Waals surface area contributed by atoms with Gasteiger partial charge in [-0.25, -0.2) is 9.50 Å². The van der Waals surface area contributed by atoms with Gasteiger partial charge >= 0.3 is 0 Å². The molecule has 8 nitrogen and oxygen atoms in total. The van der Waals surface area contributed by atoms with Crippen molar-refractivity contribution in [1.82, 2.24) is 29.7 Å². The molecule has 24 heavy (non-hydrogen) atoms. The maximum Gasteiger partial charge on any atom is 0.272 e. The van der Waals surface area contributed by atoms with Crippen LogP contribution in [0.25, 0.3) is 5.65 Å². The van der Waals surface area contributed by atoms with Gasteiger partial charge in [-0.2, -0.15) is 5.10 Å². The third-order valence-electron chi connectivity index (χ3n) is 3.76. The molecular formula is C16H20N6O2. The third kappa shape index (κ3) is 3.37. The zero-order valence-corrected chi connectivity index (χ0v) is 13.9. The number of carbonyl (C=O) groups is 1. The molecule has 3 heterocycles. The molecule has 1 amide bonds. The maximum atomic E-state index is 12.1. The van der Waals surface area contributed by atoms with Gasteiger partial charge in [0.05, 0.1) is 17.4 Å². The van der Waals surface area contributed by atoms with Crippen LogP contribution in [0.4, 0.5) is 0 Å². The molecule has 2 N–H and O–H groups in total. The summed E-state index contributed by atoms with van der Waals surface area (Å²) >= 11 is 0. The van der Waals surface area contributed by atoms with Crippen LogP contribution >= 0.6 is 0 Å². The number of nitrogens with one attached hydrogen (secondary N) is 2. The van der Waals surface area contributed by atoms with Crippen molar-refractivity contribution in [2.75, 3.05) is 0 Å². The molecule has 0 aliphatic carbocycles. The molecule has 0 spiro atoms. The molecule has 0 aliphatic rings. The van der Waals surface area contributed by atoms with E-state index in [0.29, 0.717) is 24.3 Å². The number of H-pyrrole nitrogens is 1. The highest BCUT2D eigenvalue weighted by atomic mass is 16.1. The molecule has 0 radical (unpaired) electrons. The van der Waals surface area contributed by atoms with E-state index >= 15 is 0 Å². The standard InChI is InChI=1S/C16H20N6O2/c1-10-4-6-21(19-10)7-5-15(23)17-12(3)13-9-16(24)22-14(18-13)8-11(2)20-22/h4,6,8-9,12,20H,5,7H2,1-3H3,(H,17,23)/t12-/m0/s1. The second-order valence-electron chi connectivity index (χ2n) is 5.91. The summed E-state index contributed by atoms with van der Waals surface area (Å²) in [6, 6.07) is 4.78. The van der Waals surface area contributed by atoms with Crippen molar-refractivity contribution < 1.29 is 4.79 Å². The molecule has 0 fully saturated rings. The Morgan fingerprint density at radius 3 is 2.88 bits per heavy atom. The van der Waals surface area contributed by atoms with E-state index in [2.05, 4.69) is 20.5 Å². The van der Waals surface area contributed by atoms with Gasteiger partial charge in [0.1, 0.15) is 0 Å². The van der Waals surface area contributed by atoms with E-state index in [1.54, 1.807) is 10.7 Å². The molecule has 3 aromatic heterocycles. The summed E-state index contributed by atoms with van der Waals surface area (Å²) < 4.78 is 3.12. The second-order valence-corrected chi connectivity index (χ2v) is 5.91. The predicted octanol–water partition coefficient (Wildman–Crippen LogP) is 1.10. The fraction of sp³-hybridized carbons (Fsp3) is 0.375. The topological polar surface area (TPSA) is 97.1 Å². The Kier molecular flexibility index (Phi) is 4.20. The van der Waals surface area contributed by atoms with Crippen molar-refractivity contribution in [3.05, 3.63) is 51.8 Å². The highest BCUT2D eigenvalue weighted by molar-refractivity contribution is 5.76. The Labute approximate surface area is 138 Å². The summed E-state index contributed by atoms with van der Waals surface area (Å²) in [5, 5.41) is 10.0. The molecule has 1 atom stereocenters.